The number of benzene rings is 2. The minimum Gasteiger partial charge on any atom is -0.497 e. The summed E-state index contributed by atoms with van der Waals surface area (Å²) in [6, 6.07) is 13.3. The number of amides is 2. The van der Waals surface area contributed by atoms with Crippen LogP contribution in [0.15, 0.2) is 48.5 Å². The summed E-state index contributed by atoms with van der Waals surface area (Å²) in [4.78, 5) is 36.3. The lowest BCUT2D eigenvalue weighted by Gasteiger charge is -2.26. The molecule has 8 heteroatoms. The van der Waals surface area contributed by atoms with Crippen LogP contribution in [-0.2, 0) is 14.3 Å². The van der Waals surface area contributed by atoms with Gasteiger partial charge in [0.05, 0.1) is 12.7 Å². The summed E-state index contributed by atoms with van der Waals surface area (Å²) in [5.74, 6) is 0.555. The Morgan fingerprint density at radius 3 is 2.33 bits per heavy atom. The highest BCUT2D eigenvalue weighted by molar-refractivity contribution is 5.92. The van der Waals surface area contributed by atoms with Crippen molar-refractivity contribution in [2.45, 2.75) is 38.6 Å². The first kappa shape index (κ1) is 24.1. The topological polar surface area (TPSA) is 103 Å². The largest absolute Gasteiger partial charge is 0.497 e. The summed E-state index contributed by atoms with van der Waals surface area (Å²) in [6.07, 6.45) is 4.11. The lowest BCUT2D eigenvalue weighted by Crippen LogP contribution is -2.39. The second-order valence-electron chi connectivity index (χ2n) is 8.19. The van der Waals surface area contributed by atoms with Gasteiger partial charge in [0.15, 0.2) is 13.2 Å². The van der Waals surface area contributed by atoms with E-state index in [1.54, 1.807) is 43.5 Å². The lowest BCUT2D eigenvalue weighted by molar-refractivity contribution is -0.125. The van der Waals surface area contributed by atoms with Gasteiger partial charge in [0.1, 0.15) is 11.5 Å². The first-order valence-electron chi connectivity index (χ1n) is 11.1. The zero-order chi connectivity index (χ0) is 23.6. The Morgan fingerprint density at radius 2 is 1.64 bits per heavy atom. The average Bonchev–Trinajstić information content (AvgIpc) is 2.83. The summed E-state index contributed by atoms with van der Waals surface area (Å²) in [5, 5.41) is 5.64. The van der Waals surface area contributed by atoms with Gasteiger partial charge in [-0.05, 0) is 68.0 Å². The number of carbonyl (C=O) groups excluding carboxylic acids is 3. The van der Waals surface area contributed by atoms with E-state index in [2.05, 4.69) is 17.6 Å². The Kier molecular flexibility index (Phi) is 8.69. The maximum absolute atomic E-state index is 12.2. The van der Waals surface area contributed by atoms with Gasteiger partial charge < -0.3 is 24.8 Å². The van der Waals surface area contributed by atoms with Gasteiger partial charge >= 0.3 is 5.97 Å². The molecule has 2 aromatic rings. The third-order valence-corrected chi connectivity index (χ3v) is 5.53. The van der Waals surface area contributed by atoms with Gasteiger partial charge in [-0.2, -0.15) is 0 Å². The van der Waals surface area contributed by atoms with Crippen LogP contribution in [0, 0.1) is 5.92 Å². The molecule has 1 aliphatic carbocycles. The third-order valence-electron chi connectivity index (χ3n) is 5.53. The molecule has 1 fully saturated rings. The predicted octanol–water partition coefficient (Wildman–Crippen LogP) is 3.56. The van der Waals surface area contributed by atoms with E-state index in [4.69, 9.17) is 14.2 Å². The molecule has 0 saturated heterocycles. The van der Waals surface area contributed by atoms with Gasteiger partial charge in [-0.15, -0.1) is 0 Å². The zero-order valence-corrected chi connectivity index (χ0v) is 19.0. The summed E-state index contributed by atoms with van der Waals surface area (Å²) in [6.45, 7) is 1.71. The van der Waals surface area contributed by atoms with E-state index in [9.17, 15) is 14.4 Å². The summed E-state index contributed by atoms with van der Waals surface area (Å²) in [5.41, 5.74) is 0.894. The molecule has 3 rings (SSSR count). The highest BCUT2D eigenvalue weighted by atomic mass is 16.5. The Hall–Kier alpha value is -3.55. The molecule has 176 valence electrons. The Morgan fingerprint density at radius 1 is 0.909 bits per heavy atom. The number of carbonyl (C=O) groups is 3. The minimum atomic E-state index is -0.593. The standard InChI is InChI=1S/C25H30N2O6/c1-17-6-10-19(11-7-17)26-24(29)16-33-25(30)18-8-12-21(13-9-18)32-15-23(28)27-20-4-3-5-22(14-20)31-2/h3-5,8-9,12-14,17,19H,6-7,10-11,15-16H2,1-2H3,(H,26,29)(H,27,28). The average molecular weight is 455 g/mol. The number of nitrogens with one attached hydrogen (secondary N) is 2. The fraction of sp³-hybridized carbons (Fsp3) is 0.400. The maximum atomic E-state index is 12.2. The van der Waals surface area contributed by atoms with Crippen LogP contribution < -0.4 is 20.1 Å². The minimum absolute atomic E-state index is 0.157. The monoisotopic (exact) mass is 454 g/mol. The lowest BCUT2D eigenvalue weighted by atomic mass is 9.87. The van der Waals surface area contributed by atoms with Crippen molar-refractivity contribution < 1.29 is 28.6 Å². The van der Waals surface area contributed by atoms with E-state index in [0.29, 0.717) is 28.7 Å². The Balaban J connectivity index is 1.39. The Labute approximate surface area is 193 Å². The number of esters is 1. The molecule has 0 aromatic heterocycles. The SMILES string of the molecule is COc1cccc(NC(=O)COc2ccc(C(=O)OCC(=O)NC3CCC(C)CC3)cc2)c1. The summed E-state index contributed by atoms with van der Waals surface area (Å²) in [7, 11) is 1.55. The second kappa shape index (κ2) is 11.9. The van der Waals surface area contributed by atoms with E-state index in [0.717, 1.165) is 25.7 Å². The Bertz CT molecular complexity index is 952. The first-order valence-corrected chi connectivity index (χ1v) is 11.1. The van der Waals surface area contributed by atoms with Crippen molar-refractivity contribution in [3.05, 3.63) is 54.1 Å². The molecule has 0 radical (unpaired) electrons. The van der Waals surface area contributed by atoms with Crippen molar-refractivity contribution >= 4 is 23.5 Å². The molecule has 0 heterocycles. The van der Waals surface area contributed by atoms with Crippen molar-refractivity contribution in [1.82, 2.24) is 5.32 Å². The van der Waals surface area contributed by atoms with Gasteiger partial charge in [0.25, 0.3) is 11.8 Å². The quantitative estimate of drug-likeness (QED) is 0.562. The molecular formula is C25H30N2O6. The molecule has 2 N–H and O–H groups in total. The van der Waals surface area contributed by atoms with Crippen molar-refractivity contribution in [3.8, 4) is 11.5 Å². The smallest absolute Gasteiger partial charge is 0.338 e. The second-order valence-corrected chi connectivity index (χ2v) is 8.19. The third kappa shape index (κ3) is 7.82. The molecule has 1 saturated carbocycles. The highest BCUT2D eigenvalue weighted by Crippen LogP contribution is 2.23. The van der Waals surface area contributed by atoms with Crippen LogP contribution in [0.1, 0.15) is 43.0 Å². The molecule has 0 atom stereocenters. The van der Waals surface area contributed by atoms with Crippen LogP contribution in [0.3, 0.4) is 0 Å². The van der Waals surface area contributed by atoms with Crippen LogP contribution in [0.5, 0.6) is 11.5 Å². The molecule has 0 aliphatic heterocycles. The van der Waals surface area contributed by atoms with Gasteiger partial charge in [-0.3, -0.25) is 9.59 Å². The van der Waals surface area contributed by atoms with Crippen molar-refractivity contribution in [2.75, 3.05) is 25.6 Å². The number of hydrogen-bond donors (Lipinski definition) is 2. The van der Waals surface area contributed by atoms with Crippen molar-refractivity contribution in [1.29, 1.82) is 0 Å². The van der Waals surface area contributed by atoms with Crippen LogP contribution in [0.25, 0.3) is 0 Å². The van der Waals surface area contributed by atoms with Crippen LogP contribution >= 0.6 is 0 Å². The maximum Gasteiger partial charge on any atom is 0.338 e. The van der Waals surface area contributed by atoms with Crippen LogP contribution in [0.2, 0.25) is 0 Å². The van der Waals surface area contributed by atoms with E-state index in [-0.39, 0.29) is 31.1 Å². The molecule has 2 aromatic carbocycles. The fourth-order valence-corrected chi connectivity index (χ4v) is 3.62. The fourth-order valence-electron chi connectivity index (χ4n) is 3.62. The zero-order valence-electron chi connectivity index (χ0n) is 19.0. The molecule has 0 unspecified atom stereocenters. The van der Waals surface area contributed by atoms with Gasteiger partial charge in [-0.1, -0.05) is 13.0 Å². The first-order chi connectivity index (χ1) is 15.9. The van der Waals surface area contributed by atoms with E-state index < -0.39 is 5.97 Å². The normalized spacial score (nSPS) is 17.5. The number of hydrogen-bond acceptors (Lipinski definition) is 6. The van der Waals surface area contributed by atoms with Gasteiger partial charge in [0, 0.05) is 17.8 Å². The van der Waals surface area contributed by atoms with Gasteiger partial charge in [-0.25, -0.2) is 4.79 Å². The number of rotatable bonds is 9. The number of methoxy groups -OCH3 is 1. The van der Waals surface area contributed by atoms with E-state index in [1.165, 1.54) is 12.1 Å². The van der Waals surface area contributed by atoms with Gasteiger partial charge in [0.2, 0.25) is 0 Å². The molecule has 2 amide bonds. The molecule has 1 aliphatic rings. The molecular weight excluding hydrogens is 424 g/mol. The van der Waals surface area contributed by atoms with E-state index >= 15 is 0 Å². The number of anilines is 1. The summed E-state index contributed by atoms with van der Waals surface area (Å²) >= 11 is 0. The van der Waals surface area contributed by atoms with Crippen LogP contribution in [-0.4, -0.2) is 44.1 Å². The predicted molar refractivity (Wildman–Crippen MR) is 123 cm³/mol. The van der Waals surface area contributed by atoms with Crippen LogP contribution in [0.4, 0.5) is 5.69 Å². The molecule has 0 bridgehead atoms. The molecule has 0 spiro atoms. The summed E-state index contributed by atoms with van der Waals surface area (Å²) < 4.78 is 15.7. The molecule has 33 heavy (non-hydrogen) atoms. The number of ether oxygens (including phenoxy) is 3. The highest BCUT2D eigenvalue weighted by Gasteiger charge is 2.20. The van der Waals surface area contributed by atoms with Crippen molar-refractivity contribution in [2.24, 2.45) is 5.92 Å². The molecule has 8 nitrogen and oxygen atoms in total. The van der Waals surface area contributed by atoms with Crippen molar-refractivity contribution in [3.63, 3.8) is 0 Å². The van der Waals surface area contributed by atoms with E-state index in [1.807, 2.05) is 0 Å².